The van der Waals surface area contributed by atoms with Crippen molar-refractivity contribution in [2.45, 2.75) is 25.8 Å². The summed E-state index contributed by atoms with van der Waals surface area (Å²) in [5, 5.41) is 3.43. The molecule has 66 valence electrons. The van der Waals surface area contributed by atoms with Crippen molar-refractivity contribution in [2.75, 3.05) is 6.54 Å². The summed E-state index contributed by atoms with van der Waals surface area (Å²) in [7, 11) is 0. The molecule has 1 fully saturated rings. The first-order valence-electron chi connectivity index (χ1n) is 4.78. The minimum atomic E-state index is 0.986. The summed E-state index contributed by atoms with van der Waals surface area (Å²) in [5.41, 5.74) is 1.28. The van der Waals surface area contributed by atoms with Gasteiger partial charge in [-0.1, -0.05) is 12.8 Å². The van der Waals surface area contributed by atoms with E-state index in [0.29, 0.717) is 0 Å². The van der Waals surface area contributed by atoms with Crippen LogP contribution in [-0.4, -0.2) is 11.5 Å². The highest BCUT2D eigenvalue weighted by Crippen LogP contribution is 2.31. The molecule has 1 aliphatic carbocycles. The molecule has 1 saturated carbocycles. The van der Waals surface area contributed by atoms with E-state index >= 15 is 0 Å². The molecular formula is C10H16N2. The first kappa shape index (κ1) is 7.87. The summed E-state index contributed by atoms with van der Waals surface area (Å²) >= 11 is 0. The number of hydrogen-bond donors (Lipinski definition) is 2. The molecule has 1 aromatic heterocycles. The summed E-state index contributed by atoms with van der Waals surface area (Å²) in [6, 6.07) is 4.15. The van der Waals surface area contributed by atoms with Crippen LogP contribution in [0.4, 0.5) is 0 Å². The highest BCUT2D eigenvalue weighted by atomic mass is 14.9. The first-order valence-corrected chi connectivity index (χ1v) is 4.78. The highest BCUT2D eigenvalue weighted by Gasteiger charge is 2.19. The molecule has 0 bridgehead atoms. The SMILES string of the molecule is c1c[nH]c(CNCCC2CC2)c1. The van der Waals surface area contributed by atoms with Crippen LogP contribution < -0.4 is 5.32 Å². The molecule has 2 rings (SSSR count). The Labute approximate surface area is 73.4 Å². The molecule has 0 aliphatic heterocycles. The lowest BCUT2D eigenvalue weighted by Crippen LogP contribution is -2.15. The molecule has 2 N–H and O–H groups in total. The monoisotopic (exact) mass is 164 g/mol. The van der Waals surface area contributed by atoms with E-state index in [-0.39, 0.29) is 0 Å². The van der Waals surface area contributed by atoms with Gasteiger partial charge in [0.05, 0.1) is 0 Å². The standard InChI is InChI=1S/C10H16N2/c1-2-10(12-6-1)8-11-7-5-9-3-4-9/h1-2,6,9,11-12H,3-5,7-8H2. The van der Waals surface area contributed by atoms with Crippen molar-refractivity contribution in [2.24, 2.45) is 5.92 Å². The fourth-order valence-electron chi connectivity index (χ4n) is 1.41. The Kier molecular flexibility index (Phi) is 2.47. The molecule has 1 heterocycles. The van der Waals surface area contributed by atoms with Crippen molar-refractivity contribution in [3.8, 4) is 0 Å². The van der Waals surface area contributed by atoms with Gasteiger partial charge in [0.25, 0.3) is 0 Å². The summed E-state index contributed by atoms with van der Waals surface area (Å²) in [6.07, 6.45) is 6.26. The maximum atomic E-state index is 3.43. The molecule has 2 nitrogen and oxygen atoms in total. The average Bonchev–Trinajstić information content (AvgIpc) is 2.76. The summed E-state index contributed by atoms with van der Waals surface area (Å²) in [4.78, 5) is 3.18. The fourth-order valence-corrected chi connectivity index (χ4v) is 1.41. The molecular weight excluding hydrogens is 148 g/mol. The Morgan fingerprint density at radius 3 is 3.08 bits per heavy atom. The van der Waals surface area contributed by atoms with Gasteiger partial charge >= 0.3 is 0 Å². The van der Waals surface area contributed by atoms with E-state index in [1.54, 1.807) is 0 Å². The molecule has 0 atom stereocenters. The first-order chi connectivity index (χ1) is 5.95. The van der Waals surface area contributed by atoms with Crippen LogP contribution in [0.1, 0.15) is 25.0 Å². The van der Waals surface area contributed by atoms with Gasteiger partial charge in [-0.05, 0) is 31.0 Å². The van der Waals surface area contributed by atoms with E-state index in [1.165, 1.54) is 31.5 Å². The lowest BCUT2D eigenvalue weighted by atomic mass is 10.3. The highest BCUT2D eigenvalue weighted by molar-refractivity contribution is 5.02. The minimum Gasteiger partial charge on any atom is -0.364 e. The van der Waals surface area contributed by atoms with Crippen LogP contribution in [0, 0.1) is 5.92 Å². The second-order valence-corrected chi connectivity index (χ2v) is 3.60. The predicted molar refractivity (Wildman–Crippen MR) is 49.8 cm³/mol. The van der Waals surface area contributed by atoms with Gasteiger partial charge in [-0.15, -0.1) is 0 Å². The lowest BCUT2D eigenvalue weighted by molar-refractivity contribution is 0.608. The van der Waals surface area contributed by atoms with E-state index in [2.05, 4.69) is 16.4 Å². The van der Waals surface area contributed by atoms with Crippen LogP contribution in [-0.2, 0) is 6.54 Å². The number of aromatic amines is 1. The zero-order valence-electron chi connectivity index (χ0n) is 7.34. The molecule has 12 heavy (non-hydrogen) atoms. The van der Waals surface area contributed by atoms with Gasteiger partial charge in [0, 0.05) is 18.4 Å². The Morgan fingerprint density at radius 1 is 1.50 bits per heavy atom. The van der Waals surface area contributed by atoms with Crippen molar-refractivity contribution < 1.29 is 0 Å². The van der Waals surface area contributed by atoms with Crippen molar-refractivity contribution in [1.29, 1.82) is 0 Å². The van der Waals surface area contributed by atoms with Gasteiger partial charge in [-0.25, -0.2) is 0 Å². The summed E-state index contributed by atoms with van der Waals surface area (Å²) < 4.78 is 0. The lowest BCUT2D eigenvalue weighted by Gasteiger charge is -2.01. The number of nitrogens with one attached hydrogen (secondary N) is 2. The van der Waals surface area contributed by atoms with Crippen LogP contribution in [0.3, 0.4) is 0 Å². The van der Waals surface area contributed by atoms with E-state index in [1.807, 2.05) is 12.3 Å². The largest absolute Gasteiger partial charge is 0.364 e. The fraction of sp³-hybridized carbons (Fsp3) is 0.600. The van der Waals surface area contributed by atoms with Gasteiger partial charge in [-0.2, -0.15) is 0 Å². The van der Waals surface area contributed by atoms with Crippen molar-refractivity contribution in [1.82, 2.24) is 10.3 Å². The quantitative estimate of drug-likeness (QED) is 0.639. The zero-order valence-corrected chi connectivity index (χ0v) is 7.34. The van der Waals surface area contributed by atoms with Crippen LogP contribution in [0.15, 0.2) is 18.3 Å². The van der Waals surface area contributed by atoms with Crippen molar-refractivity contribution in [3.05, 3.63) is 24.0 Å². The molecule has 1 aliphatic rings. The van der Waals surface area contributed by atoms with Crippen molar-refractivity contribution >= 4 is 0 Å². The second kappa shape index (κ2) is 3.76. The Bertz CT molecular complexity index is 212. The van der Waals surface area contributed by atoms with Gasteiger partial charge in [0.1, 0.15) is 0 Å². The second-order valence-electron chi connectivity index (χ2n) is 3.60. The summed E-state index contributed by atoms with van der Waals surface area (Å²) in [6.45, 7) is 2.16. The predicted octanol–water partition coefficient (Wildman–Crippen LogP) is 1.90. The molecule has 1 aromatic rings. The maximum Gasteiger partial charge on any atom is 0.0357 e. The minimum absolute atomic E-state index is 0.986. The Balaban J connectivity index is 1.56. The molecule has 0 saturated heterocycles. The van der Waals surface area contributed by atoms with Gasteiger partial charge < -0.3 is 10.3 Å². The summed E-state index contributed by atoms with van der Waals surface area (Å²) in [5.74, 6) is 1.04. The van der Waals surface area contributed by atoms with Gasteiger partial charge in [0.2, 0.25) is 0 Å². The molecule has 2 heteroatoms. The third-order valence-corrected chi connectivity index (χ3v) is 2.40. The number of H-pyrrole nitrogens is 1. The third kappa shape index (κ3) is 2.38. The third-order valence-electron chi connectivity index (χ3n) is 2.40. The van der Waals surface area contributed by atoms with E-state index in [0.717, 1.165) is 12.5 Å². The van der Waals surface area contributed by atoms with Crippen LogP contribution in [0.25, 0.3) is 0 Å². The van der Waals surface area contributed by atoms with Crippen LogP contribution in [0.2, 0.25) is 0 Å². The number of aromatic nitrogens is 1. The molecule has 0 radical (unpaired) electrons. The van der Waals surface area contributed by atoms with Crippen molar-refractivity contribution in [3.63, 3.8) is 0 Å². The molecule has 0 spiro atoms. The topological polar surface area (TPSA) is 27.8 Å². The zero-order chi connectivity index (χ0) is 8.23. The molecule has 0 aromatic carbocycles. The molecule has 0 amide bonds. The van der Waals surface area contributed by atoms with Crippen LogP contribution >= 0.6 is 0 Å². The smallest absolute Gasteiger partial charge is 0.0357 e. The van der Waals surface area contributed by atoms with Crippen LogP contribution in [0.5, 0.6) is 0 Å². The van der Waals surface area contributed by atoms with E-state index < -0.39 is 0 Å². The molecule has 0 unspecified atom stereocenters. The Hall–Kier alpha value is -0.760. The van der Waals surface area contributed by atoms with E-state index in [4.69, 9.17) is 0 Å². The Morgan fingerprint density at radius 2 is 2.42 bits per heavy atom. The van der Waals surface area contributed by atoms with E-state index in [9.17, 15) is 0 Å². The van der Waals surface area contributed by atoms with Gasteiger partial charge in [0.15, 0.2) is 0 Å². The number of rotatable bonds is 5. The number of hydrogen-bond acceptors (Lipinski definition) is 1. The van der Waals surface area contributed by atoms with Gasteiger partial charge in [-0.3, -0.25) is 0 Å². The average molecular weight is 164 g/mol. The maximum absolute atomic E-state index is 3.43. The normalized spacial score (nSPS) is 16.7.